The molecule has 1 aromatic carbocycles. The number of likely N-dealkylation sites (tertiary alicyclic amines) is 1. The van der Waals surface area contributed by atoms with Crippen molar-refractivity contribution in [3.8, 4) is 5.88 Å². The van der Waals surface area contributed by atoms with Gasteiger partial charge in [0, 0.05) is 24.4 Å². The van der Waals surface area contributed by atoms with Gasteiger partial charge in [-0.1, -0.05) is 18.2 Å². The lowest BCUT2D eigenvalue weighted by atomic mass is 10.2. The first-order valence-corrected chi connectivity index (χ1v) is 7.66. The Balaban J connectivity index is 1.62. The summed E-state index contributed by atoms with van der Waals surface area (Å²) in [6, 6.07) is 11.6. The Bertz CT molecular complexity index is 731. The number of para-hydroxylation sites is 1. The van der Waals surface area contributed by atoms with Crippen molar-refractivity contribution in [2.45, 2.75) is 19.4 Å². The normalized spacial score (nSPS) is 17.3. The first kappa shape index (κ1) is 15.3. The summed E-state index contributed by atoms with van der Waals surface area (Å²) in [6.07, 6.45) is 0.502. The Kier molecular flexibility index (Phi) is 4.41. The Hall–Kier alpha value is -2.63. The van der Waals surface area contributed by atoms with E-state index in [1.807, 2.05) is 36.4 Å². The van der Waals surface area contributed by atoms with Crippen molar-refractivity contribution in [2.24, 2.45) is 0 Å². The number of ether oxygens (including phenoxy) is 2. The summed E-state index contributed by atoms with van der Waals surface area (Å²) in [7, 11) is 0. The van der Waals surface area contributed by atoms with Crippen LogP contribution in [0.4, 0.5) is 0 Å². The molecule has 2 heterocycles. The van der Waals surface area contributed by atoms with E-state index in [1.165, 1.54) is 4.90 Å². The average molecular weight is 314 g/mol. The summed E-state index contributed by atoms with van der Waals surface area (Å²) in [5, 5.41) is 1.05. The van der Waals surface area contributed by atoms with Gasteiger partial charge in [-0.2, -0.15) is 0 Å². The van der Waals surface area contributed by atoms with Crippen LogP contribution in [0, 0.1) is 0 Å². The maximum Gasteiger partial charge on any atom is 0.397 e. The van der Waals surface area contributed by atoms with Crippen LogP contribution in [0.2, 0.25) is 0 Å². The maximum absolute atomic E-state index is 11.9. The van der Waals surface area contributed by atoms with Crippen molar-refractivity contribution in [2.75, 3.05) is 19.7 Å². The maximum atomic E-state index is 11.9. The third-order valence-corrected chi connectivity index (χ3v) is 3.74. The highest BCUT2D eigenvalue weighted by atomic mass is 16.5. The summed E-state index contributed by atoms with van der Waals surface area (Å²) in [6.45, 7) is 2.72. The van der Waals surface area contributed by atoms with E-state index in [0.717, 1.165) is 10.9 Å². The molecule has 1 aromatic heterocycles. The minimum Gasteiger partial charge on any atom is -0.472 e. The second-order valence-electron chi connectivity index (χ2n) is 5.34. The van der Waals surface area contributed by atoms with Crippen molar-refractivity contribution < 1.29 is 19.1 Å². The zero-order valence-corrected chi connectivity index (χ0v) is 12.9. The lowest BCUT2D eigenvalue weighted by Crippen LogP contribution is -2.37. The number of rotatable bonds is 3. The van der Waals surface area contributed by atoms with E-state index >= 15 is 0 Å². The Morgan fingerprint density at radius 1 is 1.26 bits per heavy atom. The van der Waals surface area contributed by atoms with Gasteiger partial charge in [-0.05, 0) is 19.1 Å². The largest absolute Gasteiger partial charge is 0.472 e. The quantitative estimate of drug-likeness (QED) is 0.638. The standard InChI is InChI=1S/C17H18N2O4/c1-2-22-17(21)16(20)19-10-9-13(11-19)23-15-8-7-12-5-3-4-6-14(12)18-15/h3-8,13H,2,9-11H2,1H3. The molecule has 0 aliphatic carbocycles. The summed E-state index contributed by atoms with van der Waals surface area (Å²) < 4.78 is 10.6. The van der Waals surface area contributed by atoms with Gasteiger partial charge in [0.1, 0.15) is 6.10 Å². The number of pyridine rings is 1. The molecule has 6 nitrogen and oxygen atoms in total. The second-order valence-corrected chi connectivity index (χ2v) is 5.34. The van der Waals surface area contributed by atoms with E-state index in [-0.39, 0.29) is 12.7 Å². The molecule has 0 radical (unpaired) electrons. The molecule has 1 saturated heterocycles. The second kappa shape index (κ2) is 6.64. The molecular formula is C17H18N2O4. The number of hydrogen-bond donors (Lipinski definition) is 0. The van der Waals surface area contributed by atoms with Crippen molar-refractivity contribution >= 4 is 22.8 Å². The van der Waals surface area contributed by atoms with Crippen LogP contribution < -0.4 is 4.74 Å². The van der Waals surface area contributed by atoms with Crippen LogP contribution in [0.15, 0.2) is 36.4 Å². The summed E-state index contributed by atoms with van der Waals surface area (Å²) >= 11 is 0. The average Bonchev–Trinajstić information content (AvgIpc) is 3.02. The third-order valence-electron chi connectivity index (χ3n) is 3.74. The van der Waals surface area contributed by atoms with Crippen molar-refractivity contribution in [1.82, 2.24) is 9.88 Å². The summed E-state index contributed by atoms with van der Waals surface area (Å²) in [5.41, 5.74) is 0.863. The zero-order valence-electron chi connectivity index (χ0n) is 12.9. The van der Waals surface area contributed by atoms with E-state index in [1.54, 1.807) is 6.92 Å². The molecule has 120 valence electrons. The van der Waals surface area contributed by atoms with E-state index in [0.29, 0.717) is 25.4 Å². The molecule has 0 spiro atoms. The van der Waals surface area contributed by atoms with Crippen LogP contribution in [0.5, 0.6) is 5.88 Å². The number of esters is 1. The topological polar surface area (TPSA) is 68.7 Å². The number of carbonyl (C=O) groups excluding carboxylic acids is 2. The van der Waals surface area contributed by atoms with Gasteiger partial charge < -0.3 is 14.4 Å². The van der Waals surface area contributed by atoms with Crippen LogP contribution in [0.3, 0.4) is 0 Å². The first-order chi connectivity index (χ1) is 11.2. The lowest BCUT2D eigenvalue weighted by Gasteiger charge is -2.16. The number of amides is 1. The molecule has 6 heteroatoms. The molecule has 23 heavy (non-hydrogen) atoms. The van der Waals surface area contributed by atoms with Gasteiger partial charge in [-0.3, -0.25) is 4.79 Å². The van der Waals surface area contributed by atoms with Gasteiger partial charge in [-0.25, -0.2) is 9.78 Å². The van der Waals surface area contributed by atoms with Gasteiger partial charge in [0.2, 0.25) is 5.88 Å². The third kappa shape index (κ3) is 3.41. The van der Waals surface area contributed by atoms with E-state index in [2.05, 4.69) is 4.98 Å². The highest BCUT2D eigenvalue weighted by molar-refractivity contribution is 6.32. The molecule has 0 saturated carbocycles. The predicted molar refractivity (Wildman–Crippen MR) is 84.0 cm³/mol. The number of hydrogen-bond acceptors (Lipinski definition) is 5. The van der Waals surface area contributed by atoms with Crippen molar-refractivity contribution in [3.63, 3.8) is 0 Å². The summed E-state index contributed by atoms with van der Waals surface area (Å²) in [5.74, 6) is -0.888. The zero-order chi connectivity index (χ0) is 16.2. The highest BCUT2D eigenvalue weighted by Crippen LogP contribution is 2.20. The molecule has 0 N–H and O–H groups in total. The molecule has 1 atom stereocenters. The fraction of sp³-hybridized carbons (Fsp3) is 0.353. The number of aromatic nitrogens is 1. The number of carbonyl (C=O) groups is 2. The van der Waals surface area contributed by atoms with Crippen molar-refractivity contribution in [3.05, 3.63) is 36.4 Å². The highest BCUT2D eigenvalue weighted by Gasteiger charge is 2.32. The molecule has 1 aliphatic rings. The fourth-order valence-electron chi connectivity index (χ4n) is 2.61. The molecule has 1 fully saturated rings. The van der Waals surface area contributed by atoms with Gasteiger partial charge in [0.05, 0.1) is 18.7 Å². The predicted octanol–water partition coefficient (Wildman–Crippen LogP) is 1.78. The summed E-state index contributed by atoms with van der Waals surface area (Å²) in [4.78, 5) is 29.3. The van der Waals surface area contributed by atoms with E-state index in [4.69, 9.17) is 9.47 Å². The van der Waals surface area contributed by atoms with E-state index < -0.39 is 11.9 Å². The van der Waals surface area contributed by atoms with Crippen LogP contribution >= 0.6 is 0 Å². The van der Waals surface area contributed by atoms with Gasteiger partial charge in [-0.15, -0.1) is 0 Å². The molecule has 1 aliphatic heterocycles. The molecule has 1 amide bonds. The van der Waals surface area contributed by atoms with Crippen LogP contribution in [0.25, 0.3) is 10.9 Å². The minimum atomic E-state index is -0.808. The Morgan fingerprint density at radius 3 is 2.91 bits per heavy atom. The lowest BCUT2D eigenvalue weighted by molar-refractivity contribution is -0.159. The number of fused-ring (bicyclic) bond motifs is 1. The van der Waals surface area contributed by atoms with Gasteiger partial charge in [0.15, 0.2) is 0 Å². The van der Waals surface area contributed by atoms with Crippen LogP contribution in [0.1, 0.15) is 13.3 Å². The molecule has 3 rings (SSSR count). The molecular weight excluding hydrogens is 296 g/mol. The van der Waals surface area contributed by atoms with Crippen molar-refractivity contribution in [1.29, 1.82) is 0 Å². The molecule has 2 aromatic rings. The monoisotopic (exact) mass is 314 g/mol. The fourth-order valence-corrected chi connectivity index (χ4v) is 2.61. The number of benzene rings is 1. The van der Waals surface area contributed by atoms with Gasteiger partial charge in [0.25, 0.3) is 0 Å². The SMILES string of the molecule is CCOC(=O)C(=O)N1CCC(Oc2ccc3ccccc3n2)C1. The molecule has 1 unspecified atom stereocenters. The van der Waals surface area contributed by atoms with Crippen LogP contribution in [-0.4, -0.2) is 47.6 Å². The first-order valence-electron chi connectivity index (χ1n) is 7.66. The Labute approximate surface area is 134 Å². The van der Waals surface area contributed by atoms with E-state index in [9.17, 15) is 9.59 Å². The van der Waals surface area contributed by atoms with Gasteiger partial charge >= 0.3 is 11.9 Å². The molecule has 0 bridgehead atoms. The smallest absolute Gasteiger partial charge is 0.397 e. The minimum absolute atomic E-state index is 0.165. The van der Waals surface area contributed by atoms with Crippen LogP contribution in [-0.2, 0) is 14.3 Å². The number of nitrogens with zero attached hydrogens (tertiary/aromatic N) is 2. The Morgan fingerprint density at radius 2 is 2.09 bits per heavy atom.